The molecule has 1 N–H and O–H groups in total. The Morgan fingerprint density at radius 2 is 1.79 bits per heavy atom. The van der Waals surface area contributed by atoms with Gasteiger partial charge in [-0.3, -0.25) is 9.59 Å². The highest BCUT2D eigenvalue weighted by atomic mass is 16.4. The zero-order valence-corrected chi connectivity index (χ0v) is 11.0. The van der Waals surface area contributed by atoms with Crippen LogP contribution < -0.4 is 0 Å². The van der Waals surface area contributed by atoms with Crippen molar-refractivity contribution < 1.29 is 19.5 Å². The van der Waals surface area contributed by atoms with E-state index in [1.807, 2.05) is 18.2 Å². The summed E-state index contributed by atoms with van der Waals surface area (Å²) in [7, 11) is 1.41. The monoisotopic (exact) mass is 263 g/mol. The second-order valence-electron chi connectivity index (χ2n) is 4.43. The largest absolute Gasteiger partial charge is 0.480 e. The molecule has 1 amide bonds. The maximum atomic E-state index is 11.7. The molecule has 0 aliphatic carbocycles. The zero-order valence-electron chi connectivity index (χ0n) is 11.0. The number of likely N-dealkylation sites (N-methyl/N-ethyl adjacent to an activating group) is 1. The van der Waals surface area contributed by atoms with Crippen LogP contribution >= 0.6 is 0 Å². The Morgan fingerprint density at radius 3 is 2.26 bits per heavy atom. The van der Waals surface area contributed by atoms with E-state index >= 15 is 0 Å². The van der Waals surface area contributed by atoms with E-state index in [2.05, 4.69) is 0 Å². The number of aliphatic carboxylic acids is 1. The van der Waals surface area contributed by atoms with E-state index in [1.54, 1.807) is 12.1 Å². The second-order valence-corrected chi connectivity index (χ2v) is 4.43. The molecule has 5 nitrogen and oxygen atoms in total. The fourth-order valence-corrected chi connectivity index (χ4v) is 1.74. The van der Waals surface area contributed by atoms with Gasteiger partial charge >= 0.3 is 5.97 Å². The van der Waals surface area contributed by atoms with E-state index in [0.29, 0.717) is 0 Å². The molecule has 1 aromatic carbocycles. The molecule has 1 atom stereocenters. The predicted octanol–water partition coefficient (Wildman–Crippen LogP) is 1.12. The van der Waals surface area contributed by atoms with Gasteiger partial charge in [0.25, 0.3) is 0 Å². The highest BCUT2D eigenvalue weighted by molar-refractivity contribution is 5.98. The summed E-state index contributed by atoms with van der Waals surface area (Å²) in [6, 6.07) is 8.11. The minimum absolute atomic E-state index is 0.219. The quantitative estimate of drug-likeness (QED) is 0.780. The molecule has 0 heterocycles. The molecule has 0 unspecified atom stereocenters. The van der Waals surface area contributed by atoms with Crippen molar-refractivity contribution in [2.75, 3.05) is 7.05 Å². The van der Waals surface area contributed by atoms with Crippen LogP contribution in [0, 0.1) is 0 Å². The third kappa shape index (κ3) is 4.54. The summed E-state index contributed by atoms with van der Waals surface area (Å²) >= 11 is 0. The molecule has 0 bridgehead atoms. The van der Waals surface area contributed by atoms with Crippen molar-refractivity contribution in [1.29, 1.82) is 0 Å². The van der Waals surface area contributed by atoms with Crippen LogP contribution in [0.3, 0.4) is 0 Å². The number of carboxylic acid groups (broad SMARTS) is 1. The molecule has 0 fully saturated rings. The number of ketones is 1. The Morgan fingerprint density at radius 1 is 1.21 bits per heavy atom. The average Bonchev–Trinajstić information content (AvgIpc) is 2.35. The van der Waals surface area contributed by atoms with Crippen molar-refractivity contribution in [3.63, 3.8) is 0 Å². The Labute approximate surface area is 111 Å². The maximum Gasteiger partial charge on any atom is 0.326 e. The van der Waals surface area contributed by atoms with E-state index in [9.17, 15) is 19.5 Å². The number of rotatable bonds is 6. The Bertz CT molecular complexity index is 470. The lowest BCUT2D eigenvalue weighted by atomic mass is 10.0. The van der Waals surface area contributed by atoms with Crippen LogP contribution in [-0.2, 0) is 20.8 Å². The van der Waals surface area contributed by atoms with Crippen molar-refractivity contribution in [3.8, 4) is 0 Å². The Kier molecular flexibility index (Phi) is 5.23. The van der Waals surface area contributed by atoms with Crippen LogP contribution in [0.25, 0.3) is 0 Å². The van der Waals surface area contributed by atoms with Gasteiger partial charge in [-0.05, 0) is 12.5 Å². The van der Waals surface area contributed by atoms with Crippen LogP contribution in [0.1, 0.15) is 18.9 Å². The second kappa shape index (κ2) is 6.68. The van der Waals surface area contributed by atoms with Crippen LogP contribution in [0.2, 0.25) is 0 Å². The molecule has 0 spiro atoms. The Balaban J connectivity index is 2.80. The number of carbonyl (C=O) groups is 3. The first-order valence-corrected chi connectivity index (χ1v) is 5.93. The van der Waals surface area contributed by atoms with Gasteiger partial charge in [-0.2, -0.15) is 0 Å². The average molecular weight is 263 g/mol. The van der Waals surface area contributed by atoms with Crippen LogP contribution in [0.4, 0.5) is 0 Å². The van der Waals surface area contributed by atoms with Crippen LogP contribution in [-0.4, -0.2) is 40.8 Å². The first-order chi connectivity index (χ1) is 8.91. The smallest absolute Gasteiger partial charge is 0.326 e. The van der Waals surface area contributed by atoms with Gasteiger partial charge in [-0.25, -0.2) is 4.79 Å². The van der Waals surface area contributed by atoms with Crippen molar-refractivity contribution in [2.24, 2.45) is 0 Å². The van der Waals surface area contributed by atoms with Crippen molar-refractivity contribution >= 4 is 17.7 Å². The fraction of sp³-hybridized carbons (Fsp3) is 0.357. The molecule has 0 aliphatic rings. The normalized spacial score (nSPS) is 11.7. The van der Waals surface area contributed by atoms with Crippen molar-refractivity contribution in [1.82, 2.24) is 4.90 Å². The summed E-state index contributed by atoms with van der Waals surface area (Å²) in [6.07, 6.45) is -0.0502. The number of benzene rings is 1. The van der Waals surface area contributed by atoms with Gasteiger partial charge in [-0.1, -0.05) is 30.3 Å². The predicted molar refractivity (Wildman–Crippen MR) is 69.6 cm³/mol. The highest BCUT2D eigenvalue weighted by Gasteiger charge is 2.27. The number of Topliss-reactive ketones (excluding diaryl/α,β-unsaturated/α-hetero) is 1. The minimum atomic E-state index is -1.08. The molecule has 0 saturated heterocycles. The third-order valence-electron chi connectivity index (χ3n) is 2.82. The van der Waals surface area contributed by atoms with Gasteiger partial charge < -0.3 is 10.0 Å². The fourth-order valence-electron chi connectivity index (χ4n) is 1.74. The number of nitrogens with zero attached hydrogens (tertiary/aromatic N) is 1. The number of hydrogen-bond acceptors (Lipinski definition) is 3. The molecular weight excluding hydrogens is 246 g/mol. The van der Waals surface area contributed by atoms with Gasteiger partial charge in [0.15, 0.2) is 0 Å². The Hall–Kier alpha value is -2.17. The molecular formula is C14H17NO4. The summed E-state index contributed by atoms with van der Waals surface area (Å²) in [6.45, 7) is 1.30. The van der Waals surface area contributed by atoms with Crippen LogP contribution in [0.15, 0.2) is 30.3 Å². The number of hydrogen-bond donors (Lipinski definition) is 1. The van der Waals surface area contributed by atoms with Gasteiger partial charge in [0, 0.05) is 13.5 Å². The third-order valence-corrected chi connectivity index (χ3v) is 2.82. The molecule has 0 radical (unpaired) electrons. The van der Waals surface area contributed by atoms with E-state index in [-0.39, 0.29) is 18.6 Å². The zero-order chi connectivity index (χ0) is 14.4. The number of amides is 1. The summed E-state index contributed by atoms with van der Waals surface area (Å²) < 4.78 is 0. The van der Waals surface area contributed by atoms with Crippen molar-refractivity contribution in [3.05, 3.63) is 35.9 Å². The molecule has 19 heavy (non-hydrogen) atoms. The summed E-state index contributed by atoms with van der Waals surface area (Å²) in [5.41, 5.74) is 0.831. The highest BCUT2D eigenvalue weighted by Crippen LogP contribution is 2.09. The lowest BCUT2D eigenvalue weighted by molar-refractivity contribution is -0.149. The van der Waals surface area contributed by atoms with E-state index < -0.39 is 17.9 Å². The summed E-state index contributed by atoms with van der Waals surface area (Å²) in [5.74, 6) is -1.83. The summed E-state index contributed by atoms with van der Waals surface area (Å²) in [5, 5.41) is 9.21. The van der Waals surface area contributed by atoms with Gasteiger partial charge in [0.1, 0.15) is 11.8 Å². The molecule has 1 aromatic rings. The number of carbonyl (C=O) groups excluding carboxylic acids is 2. The van der Waals surface area contributed by atoms with Gasteiger partial charge in [0.2, 0.25) is 5.91 Å². The topological polar surface area (TPSA) is 74.7 Å². The molecule has 102 valence electrons. The first-order valence-electron chi connectivity index (χ1n) is 5.93. The van der Waals surface area contributed by atoms with Crippen molar-refractivity contribution in [2.45, 2.75) is 25.8 Å². The maximum absolute atomic E-state index is 11.7. The molecule has 0 saturated carbocycles. The van der Waals surface area contributed by atoms with Crippen LogP contribution in [0.5, 0.6) is 0 Å². The number of carboxylic acids is 1. The lowest BCUT2D eigenvalue weighted by Gasteiger charge is -2.24. The molecule has 0 aromatic heterocycles. The standard InChI is InChI=1S/C14H17NO4/c1-10(16)8-13(17)15(2)12(14(18)19)9-11-6-4-3-5-7-11/h3-7,12H,8-9H2,1-2H3,(H,18,19)/t12-/m0/s1. The van der Waals surface area contributed by atoms with E-state index in [4.69, 9.17) is 0 Å². The van der Waals surface area contributed by atoms with E-state index in [1.165, 1.54) is 14.0 Å². The van der Waals surface area contributed by atoms with Gasteiger partial charge in [-0.15, -0.1) is 0 Å². The minimum Gasteiger partial charge on any atom is -0.480 e. The first kappa shape index (κ1) is 14.9. The lowest BCUT2D eigenvalue weighted by Crippen LogP contribution is -2.44. The SMILES string of the molecule is CC(=O)CC(=O)N(C)[C@@H](Cc1ccccc1)C(=O)O. The molecule has 1 rings (SSSR count). The van der Waals surface area contributed by atoms with Gasteiger partial charge in [0.05, 0.1) is 6.42 Å². The molecule has 0 aliphatic heterocycles. The summed E-state index contributed by atoms with van der Waals surface area (Å²) in [4.78, 5) is 35.0. The van der Waals surface area contributed by atoms with E-state index in [0.717, 1.165) is 10.5 Å². The molecule has 5 heteroatoms.